The first-order chi connectivity index (χ1) is 22.4. The van der Waals surface area contributed by atoms with Crippen molar-refractivity contribution < 1.29 is 14.3 Å². The number of carbonyl (C=O) groups excluding carboxylic acids is 1. The second kappa shape index (κ2) is 13.8. The molecule has 0 fully saturated rings. The summed E-state index contributed by atoms with van der Waals surface area (Å²) in [5.41, 5.74) is 9.54. The molecule has 238 valence electrons. The molecule has 8 heteroatoms. The Balaban J connectivity index is 1.36. The van der Waals surface area contributed by atoms with Crippen LogP contribution < -0.4 is 4.74 Å². The molecule has 3 aromatic carbocycles. The van der Waals surface area contributed by atoms with E-state index in [0.717, 1.165) is 77.2 Å². The maximum atomic E-state index is 13.7. The van der Waals surface area contributed by atoms with E-state index in [2.05, 4.69) is 78.2 Å². The third kappa shape index (κ3) is 6.53. The Hall–Kier alpha value is -4.56. The maximum absolute atomic E-state index is 13.7. The topological polar surface area (TPSA) is 82.4 Å². The van der Waals surface area contributed by atoms with Gasteiger partial charge in [-0.25, -0.2) is 4.68 Å². The van der Waals surface area contributed by atoms with Crippen molar-refractivity contribution in [3.63, 3.8) is 0 Å². The summed E-state index contributed by atoms with van der Waals surface area (Å²) in [7, 11) is 0. The third-order valence-corrected chi connectivity index (χ3v) is 9.30. The molecule has 0 saturated carbocycles. The van der Waals surface area contributed by atoms with Gasteiger partial charge in [-0.2, -0.15) is 0 Å². The van der Waals surface area contributed by atoms with Crippen LogP contribution in [0.2, 0.25) is 0 Å². The Kier molecular flexibility index (Phi) is 9.45. The first kappa shape index (κ1) is 31.4. The van der Waals surface area contributed by atoms with Crippen molar-refractivity contribution in [1.82, 2.24) is 24.9 Å². The maximum Gasteiger partial charge on any atom is 0.309 e. The van der Waals surface area contributed by atoms with Crippen LogP contribution in [0.5, 0.6) is 5.75 Å². The minimum absolute atomic E-state index is 0.102. The van der Waals surface area contributed by atoms with Crippen LogP contribution in [0.15, 0.2) is 79.1 Å². The van der Waals surface area contributed by atoms with Crippen LogP contribution in [-0.2, 0) is 35.8 Å². The molecule has 6 rings (SSSR count). The van der Waals surface area contributed by atoms with Crippen molar-refractivity contribution in [1.29, 1.82) is 0 Å². The van der Waals surface area contributed by atoms with Crippen LogP contribution in [0.25, 0.3) is 11.0 Å². The highest BCUT2D eigenvalue weighted by Gasteiger charge is 2.31. The lowest BCUT2D eigenvalue weighted by molar-refractivity contribution is -0.149. The Bertz CT molecular complexity index is 1820. The average molecular weight is 618 g/mol. The fourth-order valence-corrected chi connectivity index (χ4v) is 6.57. The largest absolute Gasteiger partial charge is 0.489 e. The van der Waals surface area contributed by atoms with Crippen LogP contribution in [0.3, 0.4) is 0 Å². The standard InChI is InChI=1S/C38H43N5O3/c1-6-32-23-42(22-31-20-39-18-17-35(31)46-32)21-30-19-29(14-13-25(30)3)36(27(5)38(44)45-24-28-11-9-8-10-12-28)33-15-16-34-37(26(33)4)40-41-43(34)7-2/h8-20,27,32,36H,6-7,21-24H2,1-5H3/t27?,32-,36-/m1/s1. The summed E-state index contributed by atoms with van der Waals surface area (Å²) in [5.74, 6) is 0.0149. The summed E-state index contributed by atoms with van der Waals surface area (Å²) < 4.78 is 14.2. The quantitative estimate of drug-likeness (QED) is 0.154. The Morgan fingerprint density at radius 2 is 1.89 bits per heavy atom. The van der Waals surface area contributed by atoms with Gasteiger partial charge in [-0.1, -0.05) is 73.7 Å². The lowest BCUT2D eigenvalue weighted by atomic mass is 9.78. The summed E-state index contributed by atoms with van der Waals surface area (Å²) in [6.45, 7) is 13.8. The molecule has 0 bridgehead atoms. The van der Waals surface area contributed by atoms with Crippen molar-refractivity contribution in [2.45, 2.75) is 79.3 Å². The minimum atomic E-state index is -0.439. The van der Waals surface area contributed by atoms with Gasteiger partial charge in [0.05, 0.1) is 11.4 Å². The number of rotatable bonds is 10. The Morgan fingerprint density at radius 3 is 2.67 bits per heavy atom. The van der Waals surface area contributed by atoms with Crippen molar-refractivity contribution in [3.8, 4) is 5.75 Å². The SMILES string of the molecule is CC[C@@H]1CN(Cc2cc([C@H](c3ccc4c(nnn4CC)c3C)C(C)C(=O)OCc3ccccc3)ccc2C)Cc2cnccc2O1. The number of carbonyl (C=O) groups is 1. The first-order valence-corrected chi connectivity index (χ1v) is 16.3. The van der Waals surface area contributed by atoms with Gasteiger partial charge in [0.15, 0.2) is 0 Å². The molecule has 8 nitrogen and oxygen atoms in total. The van der Waals surface area contributed by atoms with Gasteiger partial charge in [-0.15, -0.1) is 5.10 Å². The summed E-state index contributed by atoms with van der Waals surface area (Å²) >= 11 is 0. The number of aryl methyl sites for hydroxylation is 3. The van der Waals surface area contributed by atoms with Gasteiger partial charge in [-0.05, 0) is 72.7 Å². The van der Waals surface area contributed by atoms with Crippen molar-refractivity contribution in [2.24, 2.45) is 5.92 Å². The van der Waals surface area contributed by atoms with Crippen LogP contribution in [-0.4, -0.2) is 43.5 Å². The summed E-state index contributed by atoms with van der Waals surface area (Å²) in [5, 5.41) is 8.90. The fourth-order valence-electron chi connectivity index (χ4n) is 6.57. The summed E-state index contributed by atoms with van der Waals surface area (Å²) in [4.78, 5) is 20.6. The number of esters is 1. The van der Waals surface area contributed by atoms with E-state index in [1.165, 1.54) is 11.1 Å². The number of fused-ring (bicyclic) bond motifs is 2. The van der Waals surface area contributed by atoms with E-state index in [1.807, 2.05) is 54.2 Å². The highest BCUT2D eigenvalue weighted by atomic mass is 16.5. The normalized spacial score (nSPS) is 16.3. The predicted molar refractivity (Wildman–Crippen MR) is 179 cm³/mol. The van der Waals surface area contributed by atoms with Crippen LogP contribution >= 0.6 is 0 Å². The lowest BCUT2D eigenvalue weighted by Crippen LogP contribution is -2.32. The van der Waals surface area contributed by atoms with Crippen LogP contribution in [0, 0.1) is 19.8 Å². The van der Waals surface area contributed by atoms with Gasteiger partial charge in [0.1, 0.15) is 24.0 Å². The van der Waals surface area contributed by atoms with Gasteiger partial charge in [0.2, 0.25) is 0 Å². The first-order valence-electron chi connectivity index (χ1n) is 16.3. The molecule has 0 amide bonds. The molecule has 1 aliphatic heterocycles. The van der Waals surface area contributed by atoms with Gasteiger partial charge in [0.25, 0.3) is 0 Å². The average Bonchev–Trinajstić information content (AvgIpc) is 3.42. The highest BCUT2D eigenvalue weighted by molar-refractivity contribution is 5.81. The summed E-state index contributed by atoms with van der Waals surface area (Å²) in [6.07, 6.45) is 4.73. The molecule has 0 N–H and O–H groups in total. The van der Waals surface area contributed by atoms with E-state index >= 15 is 0 Å². The molecule has 1 unspecified atom stereocenters. The smallest absolute Gasteiger partial charge is 0.309 e. The number of benzene rings is 3. The molecule has 5 aromatic rings. The van der Waals surface area contributed by atoms with Gasteiger partial charge < -0.3 is 9.47 Å². The van der Waals surface area contributed by atoms with E-state index in [9.17, 15) is 4.79 Å². The molecule has 3 atom stereocenters. The zero-order valence-electron chi connectivity index (χ0n) is 27.4. The van der Waals surface area contributed by atoms with E-state index in [0.29, 0.717) is 0 Å². The Labute approximate surface area is 271 Å². The number of ether oxygens (including phenoxy) is 2. The van der Waals surface area contributed by atoms with E-state index in [-0.39, 0.29) is 24.6 Å². The second-order valence-electron chi connectivity index (χ2n) is 12.4. The predicted octanol–water partition coefficient (Wildman–Crippen LogP) is 7.15. The molecule has 0 radical (unpaired) electrons. The Morgan fingerprint density at radius 1 is 1.07 bits per heavy atom. The summed E-state index contributed by atoms with van der Waals surface area (Å²) in [6, 6.07) is 22.6. The molecular formula is C38H43N5O3. The molecule has 3 heterocycles. The van der Waals surface area contributed by atoms with Crippen molar-refractivity contribution >= 4 is 17.0 Å². The number of nitrogens with zero attached hydrogens (tertiary/aromatic N) is 5. The lowest BCUT2D eigenvalue weighted by Gasteiger charge is -2.28. The van der Waals surface area contributed by atoms with Gasteiger partial charge >= 0.3 is 5.97 Å². The van der Waals surface area contributed by atoms with E-state index in [1.54, 1.807) is 6.20 Å². The molecular weight excluding hydrogens is 574 g/mol. The second-order valence-corrected chi connectivity index (χ2v) is 12.4. The highest BCUT2D eigenvalue weighted by Crippen LogP contribution is 2.38. The van der Waals surface area contributed by atoms with Crippen LogP contribution in [0.4, 0.5) is 0 Å². The molecule has 46 heavy (non-hydrogen) atoms. The molecule has 0 saturated heterocycles. The number of hydrogen-bond acceptors (Lipinski definition) is 7. The fraction of sp³-hybridized carbons (Fsp3) is 0.368. The van der Waals surface area contributed by atoms with Gasteiger partial charge in [-0.3, -0.25) is 14.7 Å². The van der Waals surface area contributed by atoms with Crippen molar-refractivity contribution in [3.05, 3.63) is 118 Å². The van der Waals surface area contributed by atoms with E-state index < -0.39 is 5.92 Å². The molecule has 0 spiro atoms. The molecule has 1 aliphatic rings. The number of aromatic nitrogens is 4. The monoisotopic (exact) mass is 617 g/mol. The van der Waals surface area contributed by atoms with Gasteiger partial charge in [0, 0.05) is 50.1 Å². The van der Waals surface area contributed by atoms with E-state index in [4.69, 9.17) is 9.47 Å². The number of pyridine rings is 1. The molecule has 0 aliphatic carbocycles. The number of hydrogen-bond donors (Lipinski definition) is 0. The minimum Gasteiger partial charge on any atom is -0.489 e. The van der Waals surface area contributed by atoms with Crippen LogP contribution in [0.1, 0.15) is 72.1 Å². The van der Waals surface area contributed by atoms with Crippen molar-refractivity contribution in [2.75, 3.05) is 6.54 Å². The molecule has 2 aromatic heterocycles. The third-order valence-electron chi connectivity index (χ3n) is 9.30. The zero-order chi connectivity index (χ0) is 32.2. The zero-order valence-corrected chi connectivity index (χ0v) is 27.4.